The lowest BCUT2D eigenvalue weighted by Gasteiger charge is -2.19. The smallest absolute Gasteiger partial charge is 0.322 e. The number of hydrogen-bond donors (Lipinski definition) is 1. The molecule has 10 heteroatoms. The molecule has 0 unspecified atom stereocenters. The van der Waals surface area contributed by atoms with Crippen molar-refractivity contribution >= 4 is 21.9 Å². The summed E-state index contributed by atoms with van der Waals surface area (Å²) in [5, 5.41) is 10.1. The van der Waals surface area contributed by atoms with Gasteiger partial charge in [-0.15, -0.1) is 5.10 Å². The Labute approximate surface area is 179 Å². The molecule has 2 heterocycles. The summed E-state index contributed by atoms with van der Waals surface area (Å²) in [6.45, 7) is 1.02. The van der Waals surface area contributed by atoms with Crippen LogP contribution in [0.15, 0.2) is 57.8 Å². The molecule has 1 amide bonds. The summed E-state index contributed by atoms with van der Waals surface area (Å²) < 4.78 is 45.6. The average molecular weight is 444 g/mol. The van der Waals surface area contributed by atoms with Crippen molar-refractivity contribution in [2.45, 2.75) is 30.6 Å². The van der Waals surface area contributed by atoms with E-state index < -0.39 is 21.7 Å². The third kappa shape index (κ3) is 4.80. The Morgan fingerprint density at radius 1 is 0.935 bits per heavy atom. The quantitative estimate of drug-likeness (QED) is 0.643. The molecule has 8 nitrogen and oxygen atoms in total. The van der Waals surface area contributed by atoms with E-state index in [2.05, 4.69) is 15.5 Å². The van der Waals surface area contributed by atoms with Crippen molar-refractivity contribution < 1.29 is 22.0 Å². The molecule has 1 aliphatic heterocycles. The standard InChI is InChI=1S/C21H21FN4O4S/c22-17-9-5-16(6-10-17)20-24-25-21(30-20)23-19(27)15-7-11-18(12-8-15)31(28,29)26-13-3-1-2-4-14-26/h5-12H,1-4,13-14H2,(H,23,25,27). The van der Waals surface area contributed by atoms with Gasteiger partial charge in [0.15, 0.2) is 0 Å². The molecule has 4 rings (SSSR count). The second kappa shape index (κ2) is 8.94. The van der Waals surface area contributed by atoms with Gasteiger partial charge in [0.2, 0.25) is 15.9 Å². The van der Waals surface area contributed by atoms with Gasteiger partial charge in [0.25, 0.3) is 5.91 Å². The number of amides is 1. The van der Waals surface area contributed by atoms with Crippen molar-refractivity contribution in [3.63, 3.8) is 0 Å². The van der Waals surface area contributed by atoms with Crippen LogP contribution in [-0.4, -0.2) is 41.9 Å². The Morgan fingerprint density at radius 3 is 2.23 bits per heavy atom. The SMILES string of the molecule is O=C(Nc1nnc(-c2ccc(F)cc2)o1)c1ccc(S(=O)(=O)N2CCCCCC2)cc1. The highest BCUT2D eigenvalue weighted by Gasteiger charge is 2.25. The van der Waals surface area contributed by atoms with Crippen molar-refractivity contribution in [1.29, 1.82) is 0 Å². The van der Waals surface area contributed by atoms with Crippen LogP contribution >= 0.6 is 0 Å². The number of benzene rings is 2. The molecule has 1 aromatic heterocycles. The van der Waals surface area contributed by atoms with Crippen molar-refractivity contribution in [1.82, 2.24) is 14.5 Å². The summed E-state index contributed by atoms with van der Waals surface area (Å²) in [6.07, 6.45) is 3.76. The molecule has 2 aromatic carbocycles. The zero-order chi connectivity index (χ0) is 21.8. The van der Waals surface area contributed by atoms with E-state index in [4.69, 9.17) is 4.42 Å². The molecular formula is C21H21FN4O4S. The molecule has 0 aliphatic carbocycles. The van der Waals surface area contributed by atoms with E-state index in [9.17, 15) is 17.6 Å². The summed E-state index contributed by atoms with van der Waals surface area (Å²) in [6, 6.07) is 11.1. The molecule has 1 fully saturated rings. The maximum Gasteiger partial charge on any atom is 0.322 e. The molecule has 1 saturated heterocycles. The van der Waals surface area contributed by atoms with E-state index in [1.807, 2.05) is 0 Å². The van der Waals surface area contributed by atoms with Crippen LogP contribution < -0.4 is 5.32 Å². The molecule has 0 bridgehead atoms. The Hall–Kier alpha value is -3.11. The van der Waals surface area contributed by atoms with E-state index >= 15 is 0 Å². The van der Waals surface area contributed by atoms with Gasteiger partial charge in [-0.25, -0.2) is 12.8 Å². The Balaban J connectivity index is 1.44. The minimum atomic E-state index is -3.58. The van der Waals surface area contributed by atoms with Gasteiger partial charge < -0.3 is 4.42 Å². The summed E-state index contributed by atoms with van der Waals surface area (Å²) in [5.74, 6) is -0.777. The lowest BCUT2D eigenvalue weighted by Crippen LogP contribution is -2.31. The van der Waals surface area contributed by atoms with Crippen LogP contribution in [0.4, 0.5) is 10.4 Å². The van der Waals surface area contributed by atoms with E-state index in [-0.39, 0.29) is 22.4 Å². The lowest BCUT2D eigenvalue weighted by atomic mass is 10.2. The highest BCUT2D eigenvalue weighted by molar-refractivity contribution is 7.89. The second-order valence-electron chi connectivity index (χ2n) is 7.22. The average Bonchev–Trinajstić information content (AvgIpc) is 3.05. The highest BCUT2D eigenvalue weighted by atomic mass is 32.2. The zero-order valence-corrected chi connectivity index (χ0v) is 17.4. The molecule has 0 radical (unpaired) electrons. The van der Waals surface area contributed by atoms with Crippen LogP contribution in [0.5, 0.6) is 0 Å². The first kappa shape index (κ1) is 21.1. The summed E-state index contributed by atoms with van der Waals surface area (Å²) in [7, 11) is -3.58. The predicted molar refractivity (Wildman–Crippen MR) is 111 cm³/mol. The van der Waals surface area contributed by atoms with E-state index in [0.717, 1.165) is 25.7 Å². The predicted octanol–water partition coefficient (Wildman–Crippen LogP) is 3.69. The van der Waals surface area contributed by atoms with Gasteiger partial charge in [-0.1, -0.05) is 17.9 Å². The number of hydrogen-bond acceptors (Lipinski definition) is 6. The molecule has 1 N–H and O–H groups in total. The van der Waals surface area contributed by atoms with Crippen LogP contribution in [0.3, 0.4) is 0 Å². The number of anilines is 1. The normalized spacial score (nSPS) is 15.4. The molecule has 0 spiro atoms. The van der Waals surface area contributed by atoms with Gasteiger partial charge in [-0.05, 0) is 61.4 Å². The monoisotopic (exact) mass is 444 g/mol. The first-order chi connectivity index (χ1) is 14.9. The fourth-order valence-electron chi connectivity index (χ4n) is 3.36. The minimum Gasteiger partial charge on any atom is -0.403 e. The van der Waals surface area contributed by atoms with Gasteiger partial charge >= 0.3 is 6.01 Å². The number of carbonyl (C=O) groups is 1. The van der Waals surface area contributed by atoms with Crippen molar-refractivity contribution in [2.75, 3.05) is 18.4 Å². The largest absolute Gasteiger partial charge is 0.403 e. The Bertz CT molecular complexity index is 1150. The summed E-state index contributed by atoms with van der Waals surface area (Å²) in [5.41, 5.74) is 0.758. The molecule has 0 atom stereocenters. The Kier molecular flexibility index (Phi) is 6.10. The maximum atomic E-state index is 13.0. The fraction of sp³-hybridized carbons (Fsp3) is 0.286. The maximum absolute atomic E-state index is 13.0. The number of halogens is 1. The van der Waals surface area contributed by atoms with Crippen LogP contribution in [0.1, 0.15) is 36.0 Å². The number of carbonyl (C=O) groups excluding carboxylic acids is 1. The van der Waals surface area contributed by atoms with Crippen molar-refractivity contribution in [3.8, 4) is 11.5 Å². The van der Waals surface area contributed by atoms with Crippen LogP contribution in [0, 0.1) is 5.82 Å². The molecule has 31 heavy (non-hydrogen) atoms. The fourth-order valence-corrected chi connectivity index (χ4v) is 4.88. The topological polar surface area (TPSA) is 105 Å². The van der Waals surface area contributed by atoms with Gasteiger partial charge in [-0.2, -0.15) is 4.31 Å². The molecule has 1 aliphatic rings. The number of sulfonamides is 1. The molecule has 162 valence electrons. The van der Waals surface area contributed by atoms with E-state index in [0.29, 0.717) is 18.7 Å². The van der Waals surface area contributed by atoms with Gasteiger partial charge in [0, 0.05) is 24.2 Å². The number of nitrogens with one attached hydrogen (secondary N) is 1. The van der Waals surface area contributed by atoms with Gasteiger partial charge in [0.1, 0.15) is 5.82 Å². The van der Waals surface area contributed by atoms with E-state index in [1.54, 1.807) is 0 Å². The van der Waals surface area contributed by atoms with Crippen LogP contribution in [-0.2, 0) is 10.0 Å². The first-order valence-corrected chi connectivity index (χ1v) is 11.4. The summed E-state index contributed by atoms with van der Waals surface area (Å²) in [4.78, 5) is 12.6. The van der Waals surface area contributed by atoms with E-state index in [1.165, 1.54) is 52.8 Å². The van der Waals surface area contributed by atoms with Gasteiger partial charge in [0.05, 0.1) is 4.90 Å². The highest BCUT2D eigenvalue weighted by Crippen LogP contribution is 2.22. The first-order valence-electron chi connectivity index (χ1n) is 9.94. The third-order valence-electron chi connectivity index (χ3n) is 5.06. The molecule has 0 saturated carbocycles. The Morgan fingerprint density at radius 2 is 1.58 bits per heavy atom. The number of rotatable bonds is 5. The van der Waals surface area contributed by atoms with Crippen LogP contribution in [0.25, 0.3) is 11.5 Å². The minimum absolute atomic E-state index is 0.120. The number of nitrogens with zero attached hydrogens (tertiary/aromatic N) is 3. The third-order valence-corrected chi connectivity index (χ3v) is 6.97. The number of aromatic nitrogens is 2. The lowest BCUT2D eigenvalue weighted by molar-refractivity contribution is 0.102. The molecule has 3 aromatic rings. The summed E-state index contributed by atoms with van der Waals surface area (Å²) >= 11 is 0. The second-order valence-corrected chi connectivity index (χ2v) is 9.15. The van der Waals surface area contributed by atoms with Crippen molar-refractivity contribution in [2.24, 2.45) is 0 Å². The molecular weight excluding hydrogens is 423 g/mol. The van der Waals surface area contributed by atoms with Crippen molar-refractivity contribution in [3.05, 3.63) is 59.9 Å². The van der Waals surface area contributed by atoms with Gasteiger partial charge in [-0.3, -0.25) is 10.1 Å². The zero-order valence-electron chi connectivity index (χ0n) is 16.6. The van der Waals surface area contributed by atoms with Crippen LogP contribution in [0.2, 0.25) is 0 Å².